The van der Waals surface area contributed by atoms with Crippen LogP contribution in [0.15, 0.2) is 150 Å². The average molecular weight is 566 g/mol. The van der Waals surface area contributed by atoms with Gasteiger partial charge in [0, 0.05) is 5.56 Å². The van der Waals surface area contributed by atoms with Crippen molar-refractivity contribution >= 4 is 43.4 Å². The van der Waals surface area contributed by atoms with Gasteiger partial charge in [-0.05, 0) is 96.0 Å². The molecule has 9 aromatic rings. The van der Waals surface area contributed by atoms with E-state index in [9.17, 15) is 4.39 Å². The molecule has 2 nitrogen and oxygen atoms in total. The van der Waals surface area contributed by atoms with Gasteiger partial charge >= 0.3 is 0 Å². The second-order valence-corrected chi connectivity index (χ2v) is 11.3. The lowest BCUT2D eigenvalue weighted by Gasteiger charge is -2.18. The molecule has 0 fully saturated rings. The molecule has 0 bridgehead atoms. The van der Waals surface area contributed by atoms with Crippen LogP contribution < -0.4 is 0 Å². The Labute approximate surface area is 253 Å². The van der Waals surface area contributed by atoms with Crippen LogP contribution in [0, 0.1) is 5.82 Å². The van der Waals surface area contributed by atoms with Crippen molar-refractivity contribution in [2.45, 2.75) is 0 Å². The maximum absolute atomic E-state index is 13.6. The zero-order valence-corrected chi connectivity index (χ0v) is 23.6. The van der Waals surface area contributed by atoms with E-state index in [0.717, 1.165) is 38.7 Å². The SMILES string of the molecule is Fc1ccc(-c2ccc3oc(-c4cc(-c5ccccc5)c5ccc6c(-c7ccccc7)ccc7ccc4c5c76)nc3c2)cc1. The lowest BCUT2D eigenvalue weighted by atomic mass is 9.85. The van der Waals surface area contributed by atoms with E-state index in [1.807, 2.05) is 24.3 Å². The maximum Gasteiger partial charge on any atom is 0.227 e. The standard InChI is InChI=1S/C41H24FNO/c42-30-16-11-25(12-17-30)29-15-22-38-37(23-29)43-41(44-38)36-24-35(27-9-5-2-6-10-27)33-21-20-32-31(26-7-3-1-4-8-26)18-13-28-14-19-34(36)40(33)39(28)32/h1-24H. The van der Waals surface area contributed by atoms with E-state index in [2.05, 4.69) is 97.1 Å². The summed E-state index contributed by atoms with van der Waals surface area (Å²) in [6, 6.07) is 49.2. The number of hydrogen-bond donors (Lipinski definition) is 0. The van der Waals surface area contributed by atoms with E-state index >= 15 is 0 Å². The molecule has 0 saturated heterocycles. The Morgan fingerprint density at radius 2 is 1.07 bits per heavy atom. The molecule has 1 aromatic heterocycles. The second kappa shape index (κ2) is 9.62. The third-order valence-electron chi connectivity index (χ3n) is 8.75. The van der Waals surface area contributed by atoms with Crippen molar-refractivity contribution in [1.29, 1.82) is 0 Å². The molecular weight excluding hydrogens is 541 g/mol. The highest BCUT2D eigenvalue weighted by molar-refractivity contribution is 6.29. The zero-order chi connectivity index (χ0) is 29.2. The molecule has 44 heavy (non-hydrogen) atoms. The fourth-order valence-corrected chi connectivity index (χ4v) is 6.66. The molecule has 8 aromatic carbocycles. The summed E-state index contributed by atoms with van der Waals surface area (Å²) >= 11 is 0. The molecule has 0 spiro atoms. The Balaban J connectivity index is 1.33. The molecule has 0 aliphatic carbocycles. The van der Waals surface area contributed by atoms with Gasteiger partial charge in [-0.25, -0.2) is 9.37 Å². The number of rotatable bonds is 4. The predicted molar refractivity (Wildman–Crippen MR) is 179 cm³/mol. The van der Waals surface area contributed by atoms with Gasteiger partial charge in [-0.2, -0.15) is 0 Å². The number of nitrogens with zero attached hydrogens (tertiary/aromatic N) is 1. The van der Waals surface area contributed by atoms with Crippen molar-refractivity contribution in [1.82, 2.24) is 4.98 Å². The van der Waals surface area contributed by atoms with E-state index in [0.29, 0.717) is 11.5 Å². The summed E-state index contributed by atoms with van der Waals surface area (Å²) in [5, 5.41) is 7.19. The van der Waals surface area contributed by atoms with Crippen molar-refractivity contribution in [2.75, 3.05) is 0 Å². The first-order valence-corrected chi connectivity index (χ1v) is 14.7. The molecule has 0 amide bonds. The van der Waals surface area contributed by atoms with Crippen LogP contribution in [-0.2, 0) is 0 Å². The van der Waals surface area contributed by atoms with Gasteiger partial charge in [-0.3, -0.25) is 0 Å². The lowest BCUT2D eigenvalue weighted by Crippen LogP contribution is -1.92. The molecule has 0 aliphatic heterocycles. The molecule has 0 N–H and O–H groups in total. The van der Waals surface area contributed by atoms with E-state index in [4.69, 9.17) is 9.40 Å². The number of benzene rings is 8. The molecule has 0 atom stereocenters. The number of aromatic nitrogens is 1. The van der Waals surface area contributed by atoms with E-state index in [1.54, 1.807) is 12.1 Å². The van der Waals surface area contributed by atoms with Crippen molar-refractivity contribution < 1.29 is 8.81 Å². The van der Waals surface area contributed by atoms with Crippen LogP contribution in [0.25, 0.3) is 88.3 Å². The van der Waals surface area contributed by atoms with Gasteiger partial charge in [0.25, 0.3) is 0 Å². The Bertz CT molecular complexity index is 2480. The number of halogens is 1. The van der Waals surface area contributed by atoms with Crippen LogP contribution in [0.5, 0.6) is 0 Å². The van der Waals surface area contributed by atoms with Gasteiger partial charge in [0.05, 0.1) is 0 Å². The molecule has 0 saturated carbocycles. The largest absolute Gasteiger partial charge is 0.436 e. The molecule has 0 radical (unpaired) electrons. The molecule has 3 heteroatoms. The van der Waals surface area contributed by atoms with E-state index in [-0.39, 0.29) is 5.82 Å². The molecule has 0 unspecified atom stereocenters. The minimum absolute atomic E-state index is 0.252. The first kappa shape index (κ1) is 24.8. The first-order chi connectivity index (χ1) is 21.7. The molecular formula is C41H24FNO. The highest BCUT2D eigenvalue weighted by atomic mass is 19.1. The smallest absolute Gasteiger partial charge is 0.227 e. The summed E-state index contributed by atoms with van der Waals surface area (Å²) in [4.78, 5) is 5.03. The fraction of sp³-hybridized carbons (Fsp3) is 0. The van der Waals surface area contributed by atoms with Crippen LogP contribution in [0.2, 0.25) is 0 Å². The minimum Gasteiger partial charge on any atom is -0.436 e. The highest BCUT2D eigenvalue weighted by Crippen LogP contribution is 2.46. The summed E-state index contributed by atoms with van der Waals surface area (Å²) < 4.78 is 20.0. The number of hydrogen-bond acceptors (Lipinski definition) is 2. The van der Waals surface area contributed by atoms with Crippen LogP contribution in [0.3, 0.4) is 0 Å². The van der Waals surface area contributed by atoms with Gasteiger partial charge in [-0.1, -0.05) is 115 Å². The van der Waals surface area contributed by atoms with E-state index < -0.39 is 0 Å². The Morgan fingerprint density at radius 3 is 1.82 bits per heavy atom. The van der Waals surface area contributed by atoms with Crippen molar-refractivity contribution in [3.05, 3.63) is 151 Å². The van der Waals surface area contributed by atoms with Crippen molar-refractivity contribution in [2.24, 2.45) is 0 Å². The van der Waals surface area contributed by atoms with Gasteiger partial charge in [-0.15, -0.1) is 0 Å². The lowest BCUT2D eigenvalue weighted by molar-refractivity contribution is 0.620. The third kappa shape index (κ3) is 3.83. The van der Waals surface area contributed by atoms with Crippen LogP contribution in [0.4, 0.5) is 4.39 Å². The monoisotopic (exact) mass is 565 g/mol. The van der Waals surface area contributed by atoms with Crippen molar-refractivity contribution in [3.63, 3.8) is 0 Å². The normalized spacial score (nSPS) is 11.8. The Kier molecular flexibility index (Phi) is 5.41. The quantitative estimate of drug-likeness (QED) is 0.198. The topological polar surface area (TPSA) is 26.0 Å². The maximum atomic E-state index is 13.6. The second-order valence-electron chi connectivity index (χ2n) is 11.3. The molecule has 206 valence electrons. The van der Waals surface area contributed by atoms with Crippen molar-refractivity contribution in [3.8, 4) is 44.8 Å². The molecule has 9 rings (SSSR count). The molecule has 1 heterocycles. The molecule has 0 aliphatic rings. The van der Waals surface area contributed by atoms with Gasteiger partial charge < -0.3 is 4.42 Å². The summed E-state index contributed by atoms with van der Waals surface area (Å²) in [5.41, 5.74) is 9.03. The van der Waals surface area contributed by atoms with Gasteiger partial charge in [0.15, 0.2) is 5.58 Å². The van der Waals surface area contributed by atoms with Crippen LogP contribution >= 0.6 is 0 Å². The van der Waals surface area contributed by atoms with Crippen LogP contribution in [0.1, 0.15) is 0 Å². The number of oxazole rings is 1. The Morgan fingerprint density at radius 1 is 0.455 bits per heavy atom. The van der Waals surface area contributed by atoms with Crippen LogP contribution in [-0.4, -0.2) is 4.98 Å². The minimum atomic E-state index is -0.252. The summed E-state index contributed by atoms with van der Waals surface area (Å²) in [6.07, 6.45) is 0. The third-order valence-corrected chi connectivity index (χ3v) is 8.75. The summed E-state index contributed by atoms with van der Waals surface area (Å²) in [7, 11) is 0. The Hall–Kier alpha value is -5.80. The summed E-state index contributed by atoms with van der Waals surface area (Å²) in [6.45, 7) is 0. The average Bonchev–Trinajstić information content (AvgIpc) is 3.51. The predicted octanol–water partition coefficient (Wildman–Crippen LogP) is 11.5. The zero-order valence-electron chi connectivity index (χ0n) is 23.6. The van der Waals surface area contributed by atoms with Gasteiger partial charge in [0.1, 0.15) is 11.3 Å². The summed E-state index contributed by atoms with van der Waals surface area (Å²) in [5.74, 6) is 0.326. The fourth-order valence-electron chi connectivity index (χ4n) is 6.66. The van der Waals surface area contributed by atoms with Gasteiger partial charge in [0.2, 0.25) is 5.89 Å². The number of fused-ring (bicyclic) bond motifs is 1. The van der Waals surface area contributed by atoms with E-state index in [1.165, 1.54) is 50.2 Å². The first-order valence-electron chi connectivity index (χ1n) is 14.7. The highest BCUT2D eigenvalue weighted by Gasteiger charge is 2.21.